The summed E-state index contributed by atoms with van der Waals surface area (Å²) in [5.74, 6) is -2.83. The van der Waals surface area contributed by atoms with Gasteiger partial charge in [-0.25, -0.2) is 18.5 Å². The van der Waals surface area contributed by atoms with E-state index in [2.05, 4.69) is 11.9 Å². The number of benzene rings is 1. The molecule has 1 aromatic rings. The number of imide groups is 1. The molecular formula is C19H25ClF2N2O3. The van der Waals surface area contributed by atoms with Crippen LogP contribution in [0.3, 0.4) is 0 Å². The average molecular weight is 403 g/mol. The van der Waals surface area contributed by atoms with Crippen molar-refractivity contribution < 1.29 is 23.1 Å². The van der Waals surface area contributed by atoms with Crippen LogP contribution in [0.15, 0.2) is 30.9 Å². The van der Waals surface area contributed by atoms with E-state index in [0.717, 1.165) is 17.0 Å². The van der Waals surface area contributed by atoms with E-state index in [0.29, 0.717) is 12.0 Å². The molecule has 0 aliphatic heterocycles. The van der Waals surface area contributed by atoms with Crippen LogP contribution < -0.4 is 5.32 Å². The average Bonchev–Trinajstić information content (AvgIpc) is 2.56. The van der Waals surface area contributed by atoms with Gasteiger partial charge in [0, 0.05) is 13.1 Å². The molecule has 2 amide bonds. The Bertz CT molecular complexity index is 677. The van der Waals surface area contributed by atoms with Crippen molar-refractivity contribution in [2.75, 3.05) is 12.4 Å². The van der Waals surface area contributed by atoms with Crippen molar-refractivity contribution >= 4 is 23.6 Å². The van der Waals surface area contributed by atoms with Crippen LogP contribution in [0.5, 0.6) is 0 Å². The van der Waals surface area contributed by atoms with E-state index in [4.69, 9.17) is 16.3 Å². The summed E-state index contributed by atoms with van der Waals surface area (Å²) in [5.41, 5.74) is -0.251. The van der Waals surface area contributed by atoms with Crippen molar-refractivity contribution in [1.82, 2.24) is 10.2 Å². The van der Waals surface area contributed by atoms with Crippen molar-refractivity contribution in [2.24, 2.45) is 0 Å². The highest BCUT2D eigenvalue weighted by Crippen LogP contribution is 2.15. The van der Waals surface area contributed by atoms with Crippen LogP contribution in [0.4, 0.5) is 13.6 Å². The number of amides is 2. The Balaban J connectivity index is 2.86. The fraction of sp³-hybridized carbons (Fsp3) is 0.474. The number of carbonyl (C=O) groups excluding carboxylic acids is 2. The number of ether oxygens (including phenoxy) is 1. The Morgan fingerprint density at radius 3 is 2.52 bits per heavy atom. The normalized spacial score (nSPS) is 12.4. The summed E-state index contributed by atoms with van der Waals surface area (Å²) in [6.45, 7) is 9.15. The second-order valence-corrected chi connectivity index (χ2v) is 7.20. The Morgan fingerprint density at radius 1 is 1.33 bits per heavy atom. The molecule has 5 nitrogen and oxygen atoms in total. The lowest BCUT2D eigenvalue weighted by Crippen LogP contribution is -2.51. The number of nitrogens with one attached hydrogen (secondary N) is 1. The topological polar surface area (TPSA) is 58.6 Å². The molecule has 1 N–H and O–H groups in total. The quantitative estimate of drug-likeness (QED) is 0.527. The smallest absolute Gasteiger partial charge is 0.417 e. The molecule has 0 radical (unpaired) electrons. The summed E-state index contributed by atoms with van der Waals surface area (Å²) in [6, 6.07) is 2.98. The molecule has 0 heterocycles. The maximum Gasteiger partial charge on any atom is 0.417 e. The third-order valence-electron chi connectivity index (χ3n) is 3.47. The Labute approximate surface area is 163 Å². The van der Waals surface area contributed by atoms with Crippen LogP contribution >= 0.6 is 11.6 Å². The monoisotopic (exact) mass is 402 g/mol. The summed E-state index contributed by atoms with van der Waals surface area (Å²) >= 11 is 5.65. The van der Waals surface area contributed by atoms with Gasteiger partial charge in [0.2, 0.25) is 5.91 Å². The number of hydrogen-bond donors (Lipinski definition) is 1. The lowest BCUT2D eigenvalue weighted by Gasteiger charge is -2.31. The molecule has 1 atom stereocenters. The summed E-state index contributed by atoms with van der Waals surface area (Å²) in [7, 11) is 0. The second-order valence-electron chi connectivity index (χ2n) is 6.94. The number of nitrogens with zero attached hydrogens (tertiary/aromatic N) is 1. The van der Waals surface area contributed by atoms with E-state index in [1.807, 2.05) is 0 Å². The van der Waals surface area contributed by atoms with Gasteiger partial charge in [-0.05, 0) is 44.9 Å². The van der Waals surface area contributed by atoms with Gasteiger partial charge < -0.3 is 10.1 Å². The van der Waals surface area contributed by atoms with Crippen LogP contribution in [0.2, 0.25) is 0 Å². The highest BCUT2D eigenvalue weighted by Gasteiger charge is 2.32. The first-order valence-electron chi connectivity index (χ1n) is 8.45. The van der Waals surface area contributed by atoms with Crippen molar-refractivity contribution in [1.29, 1.82) is 0 Å². The predicted octanol–water partition coefficient (Wildman–Crippen LogP) is 4.00. The standard InChI is InChI=1S/C19H25ClF2N2O3/c1-5-6-14(12-23-11-13-7-8-15(21)16(22)9-13)24(17(25)10-20)18(26)27-19(2,3)4/h5,7-9,14,23H,1,6,10-12H2,2-4H3/t14-/m1/s1. The summed E-state index contributed by atoms with van der Waals surface area (Å²) < 4.78 is 31.6. The molecule has 0 aliphatic rings. The highest BCUT2D eigenvalue weighted by molar-refractivity contribution is 6.28. The molecule has 0 spiro atoms. The third kappa shape index (κ3) is 7.64. The highest BCUT2D eigenvalue weighted by atomic mass is 35.5. The lowest BCUT2D eigenvalue weighted by molar-refractivity contribution is -0.129. The van der Waals surface area contributed by atoms with Gasteiger partial charge in [0.25, 0.3) is 0 Å². The Morgan fingerprint density at radius 2 is 2.00 bits per heavy atom. The predicted molar refractivity (Wildman–Crippen MR) is 100 cm³/mol. The maximum absolute atomic E-state index is 13.3. The number of rotatable bonds is 8. The third-order valence-corrected chi connectivity index (χ3v) is 3.70. The first-order valence-corrected chi connectivity index (χ1v) is 8.99. The Hall–Kier alpha value is -1.99. The minimum atomic E-state index is -0.940. The SMILES string of the molecule is C=CC[C@H](CNCc1ccc(F)c(F)c1)N(C(=O)CCl)C(=O)OC(C)(C)C. The van der Waals surface area contributed by atoms with Crippen LogP contribution in [0.1, 0.15) is 32.8 Å². The number of carbonyl (C=O) groups is 2. The van der Waals surface area contributed by atoms with Crippen molar-refractivity contribution in [3.8, 4) is 0 Å². The lowest BCUT2D eigenvalue weighted by atomic mass is 10.1. The van der Waals surface area contributed by atoms with Crippen LogP contribution in [0, 0.1) is 11.6 Å². The van der Waals surface area contributed by atoms with Gasteiger partial charge in [0.05, 0.1) is 6.04 Å². The van der Waals surface area contributed by atoms with E-state index < -0.39 is 35.3 Å². The molecule has 0 saturated heterocycles. The zero-order valence-corrected chi connectivity index (χ0v) is 16.5. The number of alkyl halides is 1. The molecule has 8 heteroatoms. The van der Waals surface area contributed by atoms with E-state index >= 15 is 0 Å². The summed E-state index contributed by atoms with van der Waals surface area (Å²) in [4.78, 5) is 25.6. The van der Waals surface area contributed by atoms with E-state index in [-0.39, 0.29) is 19.0 Å². The summed E-state index contributed by atoms with van der Waals surface area (Å²) in [6.07, 6.45) is 1.09. The Kier molecular flexibility index (Phi) is 8.85. The molecule has 1 aromatic carbocycles. The van der Waals surface area contributed by atoms with E-state index in [9.17, 15) is 18.4 Å². The molecule has 0 unspecified atom stereocenters. The fourth-order valence-corrected chi connectivity index (χ4v) is 2.46. The molecule has 0 saturated carbocycles. The van der Waals surface area contributed by atoms with Gasteiger partial charge in [0.15, 0.2) is 11.6 Å². The fourth-order valence-electron chi connectivity index (χ4n) is 2.34. The molecule has 0 fully saturated rings. The number of halogens is 3. The van der Waals surface area contributed by atoms with Gasteiger partial charge in [-0.3, -0.25) is 4.79 Å². The van der Waals surface area contributed by atoms with Gasteiger partial charge >= 0.3 is 6.09 Å². The maximum atomic E-state index is 13.3. The zero-order valence-electron chi connectivity index (χ0n) is 15.7. The molecule has 150 valence electrons. The molecule has 0 aliphatic carbocycles. The molecule has 0 aromatic heterocycles. The molecular weight excluding hydrogens is 378 g/mol. The minimum absolute atomic E-state index is 0.201. The first kappa shape index (κ1) is 23.0. The van der Waals surface area contributed by atoms with Gasteiger partial charge in [-0.15, -0.1) is 18.2 Å². The molecule has 0 bridgehead atoms. The molecule has 1 rings (SSSR count). The molecule has 27 heavy (non-hydrogen) atoms. The second kappa shape index (κ2) is 10.4. The summed E-state index contributed by atoms with van der Waals surface area (Å²) in [5, 5.41) is 3.03. The minimum Gasteiger partial charge on any atom is -0.443 e. The van der Waals surface area contributed by atoms with Crippen LogP contribution in [0.25, 0.3) is 0 Å². The van der Waals surface area contributed by atoms with Gasteiger partial charge in [-0.1, -0.05) is 12.1 Å². The number of hydrogen-bond acceptors (Lipinski definition) is 4. The largest absolute Gasteiger partial charge is 0.443 e. The van der Waals surface area contributed by atoms with Crippen LogP contribution in [-0.2, 0) is 16.1 Å². The zero-order chi connectivity index (χ0) is 20.6. The van der Waals surface area contributed by atoms with Crippen molar-refractivity contribution in [2.45, 2.75) is 45.4 Å². The van der Waals surface area contributed by atoms with Crippen LogP contribution in [-0.4, -0.2) is 41.0 Å². The van der Waals surface area contributed by atoms with E-state index in [1.165, 1.54) is 6.07 Å². The van der Waals surface area contributed by atoms with E-state index in [1.54, 1.807) is 26.8 Å². The van der Waals surface area contributed by atoms with Gasteiger partial charge in [-0.2, -0.15) is 0 Å². The van der Waals surface area contributed by atoms with Gasteiger partial charge in [0.1, 0.15) is 11.5 Å². The first-order chi connectivity index (χ1) is 12.6. The van der Waals surface area contributed by atoms with Crippen molar-refractivity contribution in [3.05, 3.63) is 48.1 Å². The van der Waals surface area contributed by atoms with Crippen molar-refractivity contribution in [3.63, 3.8) is 0 Å².